The van der Waals surface area contributed by atoms with Crippen molar-refractivity contribution in [3.05, 3.63) is 64.7 Å². The molecule has 2 aromatic carbocycles. The molecule has 4 nitrogen and oxygen atoms in total. The third-order valence-corrected chi connectivity index (χ3v) is 4.69. The number of nitrogens with one attached hydrogen (secondary N) is 1. The van der Waals surface area contributed by atoms with Crippen LogP contribution >= 0.6 is 23.8 Å². The van der Waals surface area contributed by atoms with E-state index in [1.807, 2.05) is 0 Å². The lowest BCUT2D eigenvalue weighted by Crippen LogP contribution is -2.23. The zero-order valence-corrected chi connectivity index (χ0v) is 13.3. The smallest absolute Gasteiger partial charge is 0.240 e. The van der Waals surface area contributed by atoms with E-state index in [2.05, 4.69) is 4.72 Å². The first-order valence-corrected chi connectivity index (χ1v) is 8.29. The molecule has 0 radical (unpaired) electrons. The van der Waals surface area contributed by atoms with E-state index in [1.54, 1.807) is 36.4 Å². The molecular formula is C14H13ClN2O2S2. The third-order valence-electron chi connectivity index (χ3n) is 2.80. The molecule has 0 atom stereocenters. The van der Waals surface area contributed by atoms with Crippen molar-refractivity contribution in [2.75, 3.05) is 0 Å². The molecule has 7 heteroatoms. The summed E-state index contributed by atoms with van der Waals surface area (Å²) in [6.45, 7) is 0.167. The predicted molar refractivity (Wildman–Crippen MR) is 87.8 cm³/mol. The SMILES string of the molecule is NC(=S)c1ccc(S(=O)(=O)NCc2cccc(Cl)c2)cc1. The molecule has 0 unspecified atom stereocenters. The van der Waals surface area contributed by atoms with E-state index in [-0.39, 0.29) is 16.4 Å². The lowest BCUT2D eigenvalue weighted by molar-refractivity contribution is 0.581. The Morgan fingerprint density at radius 2 is 1.86 bits per heavy atom. The maximum atomic E-state index is 12.2. The van der Waals surface area contributed by atoms with Crippen molar-refractivity contribution in [2.45, 2.75) is 11.4 Å². The van der Waals surface area contributed by atoms with E-state index in [1.165, 1.54) is 12.1 Å². The van der Waals surface area contributed by atoms with Gasteiger partial charge in [-0.15, -0.1) is 0 Å². The first kappa shape index (κ1) is 15.9. The summed E-state index contributed by atoms with van der Waals surface area (Å²) in [6.07, 6.45) is 0. The van der Waals surface area contributed by atoms with Crippen LogP contribution in [0.5, 0.6) is 0 Å². The molecule has 0 saturated carbocycles. The Morgan fingerprint density at radius 3 is 2.43 bits per heavy atom. The van der Waals surface area contributed by atoms with Crippen LogP contribution in [0.15, 0.2) is 53.4 Å². The van der Waals surface area contributed by atoms with Gasteiger partial charge in [-0.2, -0.15) is 0 Å². The Bertz CT molecular complexity index is 759. The molecule has 0 amide bonds. The van der Waals surface area contributed by atoms with Crippen molar-refractivity contribution in [3.63, 3.8) is 0 Å². The van der Waals surface area contributed by atoms with Crippen molar-refractivity contribution >= 4 is 38.8 Å². The highest BCUT2D eigenvalue weighted by Crippen LogP contribution is 2.13. The summed E-state index contributed by atoms with van der Waals surface area (Å²) < 4.78 is 26.8. The highest BCUT2D eigenvalue weighted by molar-refractivity contribution is 7.89. The molecule has 21 heavy (non-hydrogen) atoms. The minimum atomic E-state index is -3.59. The molecule has 0 aliphatic rings. The van der Waals surface area contributed by atoms with Gasteiger partial charge in [-0.1, -0.05) is 48.1 Å². The number of nitrogens with two attached hydrogens (primary N) is 1. The zero-order chi connectivity index (χ0) is 15.5. The van der Waals surface area contributed by atoms with E-state index in [0.717, 1.165) is 5.56 Å². The van der Waals surface area contributed by atoms with Crippen LogP contribution in [0, 0.1) is 0 Å². The van der Waals surface area contributed by atoms with Gasteiger partial charge < -0.3 is 5.73 Å². The number of sulfonamides is 1. The van der Waals surface area contributed by atoms with Gasteiger partial charge in [-0.3, -0.25) is 0 Å². The van der Waals surface area contributed by atoms with Crippen molar-refractivity contribution < 1.29 is 8.42 Å². The third kappa shape index (κ3) is 4.25. The van der Waals surface area contributed by atoms with Gasteiger partial charge in [0.2, 0.25) is 10.0 Å². The van der Waals surface area contributed by atoms with E-state index in [4.69, 9.17) is 29.6 Å². The van der Waals surface area contributed by atoms with Gasteiger partial charge in [-0.05, 0) is 29.8 Å². The molecule has 110 valence electrons. The van der Waals surface area contributed by atoms with Crippen molar-refractivity contribution in [1.29, 1.82) is 0 Å². The Labute approximate surface area is 134 Å². The molecule has 0 bridgehead atoms. The van der Waals surface area contributed by atoms with Crippen LogP contribution in [0.25, 0.3) is 0 Å². The molecule has 2 rings (SSSR count). The second-order valence-corrected chi connectivity index (χ2v) is 6.99. The van der Waals surface area contributed by atoms with Crippen LogP contribution in [0.1, 0.15) is 11.1 Å². The Morgan fingerprint density at radius 1 is 1.19 bits per heavy atom. The molecule has 0 aliphatic carbocycles. The average molecular weight is 341 g/mol. The monoisotopic (exact) mass is 340 g/mol. The topological polar surface area (TPSA) is 72.2 Å². The normalized spacial score (nSPS) is 11.3. The summed E-state index contributed by atoms with van der Waals surface area (Å²) in [5.74, 6) is 0. The fourth-order valence-corrected chi connectivity index (χ4v) is 3.07. The highest BCUT2D eigenvalue weighted by Gasteiger charge is 2.13. The van der Waals surface area contributed by atoms with Crippen molar-refractivity contribution in [1.82, 2.24) is 4.72 Å². The summed E-state index contributed by atoms with van der Waals surface area (Å²) in [7, 11) is -3.59. The van der Waals surface area contributed by atoms with Gasteiger partial charge in [0.1, 0.15) is 4.99 Å². The number of thiocarbonyl (C=S) groups is 1. The summed E-state index contributed by atoms with van der Waals surface area (Å²) in [6, 6.07) is 13.1. The lowest BCUT2D eigenvalue weighted by Gasteiger charge is -2.08. The fraction of sp³-hybridized carbons (Fsp3) is 0.0714. The number of halogens is 1. The van der Waals surface area contributed by atoms with E-state index < -0.39 is 10.0 Å². The number of hydrogen-bond donors (Lipinski definition) is 2. The molecular weight excluding hydrogens is 328 g/mol. The minimum absolute atomic E-state index is 0.157. The fourth-order valence-electron chi connectivity index (χ4n) is 1.71. The Hall–Kier alpha value is -1.47. The van der Waals surface area contributed by atoms with E-state index in [9.17, 15) is 8.42 Å². The molecule has 0 heterocycles. The highest BCUT2D eigenvalue weighted by atomic mass is 35.5. The molecule has 2 aromatic rings. The molecule has 0 aliphatic heterocycles. The van der Waals surface area contributed by atoms with Crippen LogP contribution < -0.4 is 10.5 Å². The second-order valence-electron chi connectivity index (χ2n) is 4.34. The summed E-state index contributed by atoms with van der Waals surface area (Å²) >= 11 is 10.7. The van der Waals surface area contributed by atoms with Crippen LogP contribution in [-0.4, -0.2) is 13.4 Å². The lowest BCUT2D eigenvalue weighted by atomic mass is 10.2. The predicted octanol–water partition coefficient (Wildman–Crippen LogP) is 2.45. The van der Waals surface area contributed by atoms with Gasteiger partial charge >= 0.3 is 0 Å². The van der Waals surface area contributed by atoms with Gasteiger partial charge in [0.25, 0.3) is 0 Å². The van der Waals surface area contributed by atoms with Gasteiger partial charge in [0, 0.05) is 17.1 Å². The van der Waals surface area contributed by atoms with Crippen LogP contribution in [0.2, 0.25) is 5.02 Å². The second kappa shape index (κ2) is 6.53. The summed E-state index contributed by atoms with van der Waals surface area (Å²) in [5, 5.41) is 0.563. The van der Waals surface area contributed by atoms with Crippen molar-refractivity contribution in [2.24, 2.45) is 5.73 Å². The Kier molecular flexibility index (Phi) is 4.95. The van der Waals surface area contributed by atoms with E-state index in [0.29, 0.717) is 10.6 Å². The molecule has 0 saturated heterocycles. The molecule has 0 fully saturated rings. The zero-order valence-electron chi connectivity index (χ0n) is 10.9. The maximum absolute atomic E-state index is 12.2. The summed E-state index contributed by atoms with van der Waals surface area (Å²) in [4.78, 5) is 0.385. The standard InChI is InChI=1S/C14H13ClN2O2S2/c15-12-3-1-2-10(8-12)9-17-21(18,19)13-6-4-11(5-7-13)14(16)20/h1-8,17H,9H2,(H2,16,20). The first-order valence-electron chi connectivity index (χ1n) is 6.02. The largest absolute Gasteiger partial charge is 0.389 e. The number of rotatable bonds is 5. The van der Waals surface area contributed by atoms with Crippen molar-refractivity contribution in [3.8, 4) is 0 Å². The van der Waals surface area contributed by atoms with Crippen LogP contribution in [0.3, 0.4) is 0 Å². The molecule has 3 N–H and O–H groups in total. The van der Waals surface area contributed by atoms with Crippen LogP contribution in [-0.2, 0) is 16.6 Å². The first-order chi connectivity index (χ1) is 9.88. The van der Waals surface area contributed by atoms with E-state index >= 15 is 0 Å². The molecule has 0 aromatic heterocycles. The molecule has 0 spiro atoms. The number of hydrogen-bond acceptors (Lipinski definition) is 3. The number of benzene rings is 2. The minimum Gasteiger partial charge on any atom is -0.389 e. The van der Waals surface area contributed by atoms with Gasteiger partial charge in [0.05, 0.1) is 4.90 Å². The maximum Gasteiger partial charge on any atom is 0.240 e. The van der Waals surface area contributed by atoms with Gasteiger partial charge in [-0.25, -0.2) is 13.1 Å². The van der Waals surface area contributed by atoms with Crippen LogP contribution in [0.4, 0.5) is 0 Å². The summed E-state index contributed by atoms with van der Waals surface area (Å²) in [5.41, 5.74) is 6.88. The van der Waals surface area contributed by atoms with Gasteiger partial charge in [0.15, 0.2) is 0 Å². The average Bonchev–Trinajstić information content (AvgIpc) is 2.45. The quantitative estimate of drug-likeness (QED) is 0.820. The Balaban J connectivity index is 2.13.